The molecule has 2 N–H and O–H groups in total. The Kier molecular flexibility index (Phi) is 5.60. The Morgan fingerprint density at radius 1 is 1.15 bits per heavy atom. The lowest BCUT2D eigenvalue weighted by molar-refractivity contribution is 0.0935. The highest BCUT2D eigenvalue weighted by molar-refractivity contribution is 7.18. The van der Waals surface area contributed by atoms with Crippen molar-refractivity contribution in [1.29, 1.82) is 0 Å². The average Bonchev–Trinajstić information content (AvgIpc) is 3.55. The molecule has 3 aromatic rings. The largest absolute Gasteiger partial charge is 0.494 e. The number of carbonyl (C=O) groups excluding carboxylic acids is 1. The van der Waals surface area contributed by atoms with Crippen LogP contribution in [-0.2, 0) is 0 Å². The van der Waals surface area contributed by atoms with Crippen LogP contribution in [0.5, 0.6) is 5.75 Å². The molecule has 3 heterocycles. The van der Waals surface area contributed by atoms with E-state index in [0.717, 1.165) is 19.3 Å². The molecule has 2 bridgehead atoms. The van der Waals surface area contributed by atoms with Gasteiger partial charge in [-0.15, -0.1) is 11.3 Å². The Morgan fingerprint density at radius 2 is 1.94 bits per heavy atom. The van der Waals surface area contributed by atoms with Gasteiger partial charge in [0, 0.05) is 28.6 Å². The van der Waals surface area contributed by atoms with E-state index in [4.69, 9.17) is 11.3 Å². The van der Waals surface area contributed by atoms with E-state index in [0.29, 0.717) is 38.5 Å². The molecule has 2 saturated heterocycles. The van der Waals surface area contributed by atoms with Gasteiger partial charge in [0.15, 0.2) is 11.6 Å². The number of rotatable bonds is 5. The van der Waals surface area contributed by atoms with E-state index < -0.39 is 11.6 Å². The van der Waals surface area contributed by atoms with Gasteiger partial charge in [-0.2, -0.15) is 0 Å². The van der Waals surface area contributed by atoms with Crippen LogP contribution in [0.25, 0.3) is 26.4 Å². The second-order valence-corrected chi connectivity index (χ2v) is 9.40. The number of carbonyl (C=O) groups is 1. The molecule has 5 rings (SSSR count). The highest BCUT2D eigenvalue weighted by Gasteiger charge is 2.40. The Labute approximate surface area is 194 Å². The van der Waals surface area contributed by atoms with Crippen LogP contribution in [0.15, 0.2) is 42.5 Å². The predicted octanol–water partition coefficient (Wildman–Crippen LogP) is 5.54. The van der Waals surface area contributed by atoms with E-state index >= 15 is 0 Å². The maximum Gasteiger partial charge on any atom is 0.261 e. The summed E-state index contributed by atoms with van der Waals surface area (Å²) in [6.07, 6.45) is 3.10. The zero-order valence-electron chi connectivity index (χ0n) is 17.8. The number of hydrogen-bond donors (Lipinski definition) is 2. The van der Waals surface area contributed by atoms with E-state index in [2.05, 4.69) is 15.5 Å². The molecular formula is C25H21F2N3O2S. The Morgan fingerprint density at radius 3 is 2.58 bits per heavy atom. The first-order chi connectivity index (χ1) is 16.0. The maximum atomic E-state index is 14.5. The molecule has 2 aliphatic heterocycles. The van der Waals surface area contributed by atoms with Gasteiger partial charge in [0.25, 0.3) is 5.91 Å². The van der Waals surface area contributed by atoms with Crippen LogP contribution < -0.4 is 15.4 Å². The molecule has 0 radical (unpaired) electrons. The molecule has 1 amide bonds. The zero-order valence-corrected chi connectivity index (χ0v) is 18.6. The van der Waals surface area contributed by atoms with Crippen LogP contribution >= 0.6 is 11.3 Å². The third kappa shape index (κ3) is 3.99. The Balaban J connectivity index is 1.54. The van der Waals surface area contributed by atoms with Crippen molar-refractivity contribution in [3.63, 3.8) is 0 Å². The molecule has 0 spiro atoms. The third-order valence-corrected chi connectivity index (χ3v) is 7.55. The van der Waals surface area contributed by atoms with Crippen molar-refractivity contribution in [2.75, 3.05) is 7.11 Å². The zero-order chi connectivity index (χ0) is 23.1. The molecule has 2 aliphatic rings. The number of methoxy groups -OCH3 is 1. The highest BCUT2D eigenvalue weighted by Crippen LogP contribution is 2.41. The summed E-state index contributed by atoms with van der Waals surface area (Å²) in [6.45, 7) is 7.08. The lowest BCUT2D eigenvalue weighted by atomic mass is 9.95. The molecule has 2 fully saturated rings. The molecule has 3 unspecified atom stereocenters. The number of nitrogens with one attached hydrogen (secondary N) is 2. The maximum absolute atomic E-state index is 14.5. The molecule has 0 aliphatic carbocycles. The first-order valence-corrected chi connectivity index (χ1v) is 11.5. The molecule has 33 heavy (non-hydrogen) atoms. The molecular weight excluding hydrogens is 444 g/mol. The van der Waals surface area contributed by atoms with Crippen LogP contribution in [0.2, 0.25) is 0 Å². The van der Waals surface area contributed by atoms with E-state index in [1.165, 1.54) is 42.7 Å². The van der Waals surface area contributed by atoms with Crippen LogP contribution in [0.4, 0.5) is 14.5 Å². The van der Waals surface area contributed by atoms with Gasteiger partial charge >= 0.3 is 0 Å². The summed E-state index contributed by atoms with van der Waals surface area (Å²) in [5.41, 5.74) is 1.61. The average molecular weight is 466 g/mol. The molecule has 3 atom stereocenters. The van der Waals surface area contributed by atoms with Gasteiger partial charge in [-0.05, 0) is 60.7 Å². The summed E-state index contributed by atoms with van der Waals surface area (Å²) in [5.74, 6) is -1.24. The smallest absolute Gasteiger partial charge is 0.261 e. The number of fused-ring (bicyclic) bond motifs is 2. The fourth-order valence-electron chi connectivity index (χ4n) is 4.73. The lowest BCUT2D eigenvalue weighted by Gasteiger charge is -2.21. The van der Waals surface area contributed by atoms with Crippen molar-refractivity contribution in [3.8, 4) is 27.3 Å². The van der Waals surface area contributed by atoms with Gasteiger partial charge in [-0.25, -0.2) is 13.6 Å². The molecule has 0 saturated carbocycles. The number of ether oxygens (including phenoxy) is 1. The van der Waals surface area contributed by atoms with Crippen molar-refractivity contribution in [2.24, 2.45) is 0 Å². The van der Waals surface area contributed by atoms with Crippen molar-refractivity contribution >= 4 is 22.9 Å². The van der Waals surface area contributed by atoms with Crippen LogP contribution in [0.1, 0.15) is 28.9 Å². The van der Waals surface area contributed by atoms with Gasteiger partial charge < -0.3 is 15.4 Å². The fraction of sp³-hybridized carbons (Fsp3) is 0.280. The first kappa shape index (κ1) is 21.6. The van der Waals surface area contributed by atoms with Crippen molar-refractivity contribution in [1.82, 2.24) is 10.6 Å². The monoisotopic (exact) mass is 465 g/mol. The van der Waals surface area contributed by atoms with Crippen LogP contribution in [0.3, 0.4) is 0 Å². The second-order valence-electron chi connectivity index (χ2n) is 8.34. The molecule has 2 aromatic carbocycles. The summed E-state index contributed by atoms with van der Waals surface area (Å²) in [7, 11) is 1.39. The van der Waals surface area contributed by atoms with Crippen molar-refractivity contribution < 1.29 is 18.3 Å². The highest BCUT2D eigenvalue weighted by atomic mass is 32.1. The minimum atomic E-state index is -0.639. The number of halogens is 2. The quantitative estimate of drug-likeness (QED) is 0.487. The van der Waals surface area contributed by atoms with Gasteiger partial charge in [0.05, 0.1) is 18.6 Å². The molecule has 168 valence electrons. The number of thiophene rings is 1. The van der Waals surface area contributed by atoms with Crippen LogP contribution in [-0.4, -0.2) is 31.1 Å². The minimum absolute atomic E-state index is 0.0761. The normalized spacial score (nSPS) is 21.1. The topological polar surface area (TPSA) is 54.7 Å². The van der Waals surface area contributed by atoms with Gasteiger partial charge in [-0.1, -0.05) is 12.1 Å². The third-order valence-electron chi connectivity index (χ3n) is 6.37. The minimum Gasteiger partial charge on any atom is -0.494 e. The summed E-state index contributed by atoms with van der Waals surface area (Å²) >= 11 is 1.23. The van der Waals surface area contributed by atoms with Gasteiger partial charge in [0.1, 0.15) is 5.82 Å². The SMILES string of the molecule is [C-]#[N+]c1ccc(-c2cc(C(=O)NC3CC4CCC3N4)sc2-c2ccc(OC)c(F)c2)cc1F. The lowest BCUT2D eigenvalue weighted by Crippen LogP contribution is -2.42. The summed E-state index contributed by atoms with van der Waals surface area (Å²) < 4.78 is 33.9. The predicted molar refractivity (Wildman–Crippen MR) is 124 cm³/mol. The van der Waals surface area contributed by atoms with Gasteiger partial charge in [-0.3, -0.25) is 4.79 Å². The van der Waals surface area contributed by atoms with Crippen LogP contribution in [0, 0.1) is 18.2 Å². The second kappa shape index (κ2) is 8.58. The van der Waals surface area contributed by atoms with E-state index in [9.17, 15) is 13.6 Å². The molecule has 8 heteroatoms. The van der Waals surface area contributed by atoms with Gasteiger partial charge in [0.2, 0.25) is 5.69 Å². The standard InChI is InChI=1S/C25H21F2N3O2S/c1-28-19-6-3-13(9-17(19)26)16-12-23(25(31)30-21-11-15-5-7-20(21)29-15)33-24(16)14-4-8-22(32-2)18(27)10-14/h3-4,6,8-10,12,15,20-21,29H,5,7,11H2,2H3,(H,30,31). The van der Waals surface area contributed by atoms with E-state index in [1.807, 2.05) is 0 Å². The molecule has 5 nitrogen and oxygen atoms in total. The van der Waals surface area contributed by atoms with E-state index in [1.54, 1.807) is 18.2 Å². The van der Waals surface area contributed by atoms with Crippen molar-refractivity contribution in [3.05, 3.63) is 70.4 Å². The Bertz CT molecular complexity index is 1280. The van der Waals surface area contributed by atoms with E-state index in [-0.39, 0.29) is 23.4 Å². The fourth-order valence-corrected chi connectivity index (χ4v) is 5.81. The first-order valence-electron chi connectivity index (χ1n) is 10.7. The summed E-state index contributed by atoms with van der Waals surface area (Å²) in [5, 5.41) is 6.64. The number of benzene rings is 2. The Hall–Kier alpha value is -3.28. The number of amides is 1. The number of hydrogen-bond acceptors (Lipinski definition) is 4. The summed E-state index contributed by atoms with van der Waals surface area (Å²) in [6, 6.07) is 11.5. The molecule has 1 aromatic heterocycles. The summed E-state index contributed by atoms with van der Waals surface area (Å²) in [4.78, 5) is 17.4. The number of nitrogens with zero attached hydrogens (tertiary/aromatic N) is 1. The van der Waals surface area contributed by atoms with Crippen molar-refractivity contribution in [2.45, 2.75) is 37.4 Å².